The number of rotatable bonds is 4. The van der Waals surface area contributed by atoms with Crippen molar-refractivity contribution in [3.63, 3.8) is 0 Å². The maximum absolute atomic E-state index is 13.1. The van der Waals surface area contributed by atoms with Gasteiger partial charge in [0.25, 0.3) is 5.56 Å². The zero-order valence-electron chi connectivity index (χ0n) is 18.0. The van der Waals surface area contributed by atoms with Gasteiger partial charge in [0, 0.05) is 5.39 Å². The highest BCUT2D eigenvalue weighted by molar-refractivity contribution is 6.01. The van der Waals surface area contributed by atoms with E-state index >= 15 is 0 Å². The topological polar surface area (TPSA) is 95.6 Å². The number of benzene rings is 2. The summed E-state index contributed by atoms with van der Waals surface area (Å²) in [6.45, 7) is 0.910. The molecule has 3 heterocycles. The molecule has 0 bridgehead atoms. The van der Waals surface area contributed by atoms with E-state index in [9.17, 15) is 9.59 Å². The summed E-state index contributed by atoms with van der Waals surface area (Å²) in [6.07, 6.45) is 5.10. The van der Waals surface area contributed by atoms with Gasteiger partial charge in [0.05, 0.1) is 11.9 Å². The molecular weight excluding hydrogens is 422 g/mol. The summed E-state index contributed by atoms with van der Waals surface area (Å²) in [5, 5.41) is 3.99. The van der Waals surface area contributed by atoms with Gasteiger partial charge >= 0.3 is 0 Å². The lowest BCUT2D eigenvalue weighted by atomic mass is 9.87. The van der Waals surface area contributed by atoms with Gasteiger partial charge < -0.3 is 19.2 Å². The fourth-order valence-electron chi connectivity index (χ4n) is 4.99. The third-order valence-electron chi connectivity index (χ3n) is 6.60. The minimum Gasteiger partial charge on any atom is -0.486 e. The summed E-state index contributed by atoms with van der Waals surface area (Å²) in [5.74, 6) is 1.18. The van der Waals surface area contributed by atoms with E-state index in [2.05, 4.69) is 10.3 Å². The Morgan fingerprint density at radius 1 is 1.06 bits per heavy atom. The van der Waals surface area contributed by atoms with Gasteiger partial charge in [-0.1, -0.05) is 31.0 Å². The van der Waals surface area contributed by atoms with Gasteiger partial charge in [0.2, 0.25) is 11.5 Å². The van der Waals surface area contributed by atoms with Crippen molar-refractivity contribution in [2.24, 2.45) is 0 Å². The number of carbonyl (C=O) groups is 1. The number of para-hydroxylation sites is 1. The zero-order chi connectivity index (χ0) is 22.4. The van der Waals surface area contributed by atoms with E-state index in [1.165, 1.54) is 10.9 Å². The predicted octanol–water partition coefficient (Wildman–Crippen LogP) is 3.50. The number of fused-ring (bicyclic) bond motifs is 4. The number of ether oxygens (including phenoxy) is 2. The van der Waals surface area contributed by atoms with Crippen LogP contribution in [-0.2, 0) is 16.9 Å². The molecule has 1 aliphatic heterocycles. The van der Waals surface area contributed by atoms with Crippen molar-refractivity contribution >= 4 is 28.0 Å². The van der Waals surface area contributed by atoms with E-state index in [0.29, 0.717) is 30.1 Å². The van der Waals surface area contributed by atoms with Crippen molar-refractivity contribution in [1.29, 1.82) is 0 Å². The number of carbonyl (C=O) groups excluding carboxylic acids is 1. The summed E-state index contributed by atoms with van der Waals surface area (Å²) in [4.78, 5) is 30.5. The van der Waals surface area contributed by atoms with Gasteiger partial charge in [-0.15, -0.1) is 0 Å². The van der Waals surface area contributed by atoms with E-state index in [-0.39, 0.29) is 23.6 Å². The molecule has 2 aromatic carbocycles. The lowest BCUT2D eigenvalue weighted by Gasteiger charge is -2.32. The molecule has 1 N–H and O–H groups in total. The Morgan fingerprint density at radius 3 is 2.70 bits per heavy atom. The van der Waals surface area contributed by atoms with Crippen molar-refractivity contribution in [1.82, 2.24) is 14.9 Å². The largest absolute Gasteiger partial charge is 0.486 e. The maximum Gasteiger partial charge on any atom is 0.297 e. The third kappa shape index (κ3) is 3.33. The van der Waals surface area contributed by atoms with E-state index in [1.54, 1.807) is 6.07 Å². The van der Waals surface area contributed by atoms with Crippen LogP contribution in [0, 0.1) is 0 Å². The molecule has 4 aromatic rings. The first-order valence-electron chi connectivity index (χ1n) is 11.2. The normalized spacial score (nSPS) is 16.8. The van der Waals surface area contributed by atoms with E-state index in [0.717, 1.165) is 42.4 Å². The van der Waals surface area contributed by atoms with Crippen LogP contribution >= 0.6 is 0 Å². The fourth-order valence-corrected chi connectivity index (χ4v) is 4.99. The fraction of sp³-hybridized carbons (Fsp3) is 0.320. The summed E-state index contributed by atoms with van der Waals surface area (Å²) in [5.41, 5.74) is 1.41. The van der Waals surface area contributed by atoms with Crippen LogP contribution in [0.5, 0.6) is 11.5 Å². The minimum absolute atomic E-state index is 0.134. The average molecular weight is 445 g/mol. The molecule has 0 radical (unpaired) electrons. The summed E-state index contributed by atoms with van der Waals surface area (Å²) in [6, 6.07) is 13.2. The first-order chi connectivity index (χ1) is 16.1. The molecule has 1 saturated carbocycles. The molecule has 0 saturated heterocycles. The van der Waals surface area contributed by atoms with Crippen LogP contribution in [-0.4, -0.2) is 28.7 Å². The highest BCUT2D eigenvalue weighted by Gasteiger charge is 2.38. The molecule has 2 aliphatic rings. The van der Waals surface area contributed by atoms with Crippen molar-refractivity contribution in [3.05, 3.63) is 64.7 Å². The Hall–Kier alpha value is -3.81. The first-order valence-corrected chi connectivity index (χ1v) is 11.2. The SMILES string of the molecule is O=C(Cn1cnc2c(oc3ccccc32)c1=O)NC1(c2ccc3c(c2)OCCO3)CCCC1. The molecule has 168 valence electrons. The molecule has 8 nitrogen and oxygen atoms in total. The second kappa shape index (κ2) is 7.65. The number of aromatic nitrogens is 2. The molecule has 33 heavy (non-hydrogen) atoms. The van der Waals surface area contributed by atoms with Gasteiger partial charge in [-0.3, -0.25) is 14.2 Å². The number of hydrogen-bond acceptors (Lipinski definition) is 6. The number of nitrogens with one attached hydrogen (secondary N) is 1. The predicted molar refractivity (Wildman–Crippen MR) is 121 cm³/mol. The Kier molecular flexibility index (Phi) is 4.60. The van der Waals surface area contributed by atoms with Crippen LogP contribution < -0.4 is 20.3 Å². The van der Waals surface area contributed by atoms with Crippen molar-refractivity contribution in [3.8, 4) is 11.5 Å². The molecular formula is C25H23N3O5. The van der Waals surface area contributed by atoms with Gasteiger partial charge in [-0.2, -0.15) is 0 Å². The van der Waals surface area contributed by atoms with Crippen molar-refractivity contribution in [2.45, 2.75) is 37.8 Å². The van der Waals surface area contributed by atoms with E-state index in [1.807, 2.05) is 36.4 Å². The molecule has 8 heteroatoms. The van der Waals surface area contributed by atoms with Crippen molar-refractivity contribution < 1.29 is 18.7 Å². The van der Waals surface area contributed by atoms with Crippen LogP contribution in [0.3, 0.4) is 0 Å². The van der Waals surface area contributed by atoms with Crippen LogP contribution in [0.2, 0.25) is 0 Å². The molecule has 2 aromatic heterocycles. The molecule has 6 rings (SSSR count). The number of amides is 1. The second-order valence-corrected chi connectivity index (χ2v) is 8.65. The molecule has 0 unspecified atom stereocenters. The second-order valence-electron chi connectivity index (χ2n) is 8.65. The summed E-state index contributed by atoms with van der Waals surface area (Å²) in [7, 11) is 0. The van der Waals surface area contributed by atoms with Crippen molar-refractivity contribution in [2.75, 3.05) is 13.2 Å². The number of nitrogens with zero attached hydrogens (tertiary/aromatic N) is 2. The first kappa shape index (κ1) is 19.8. The molecule has 1 aliphatic carbocycles. The Morgan fingerprint density at radius 2 is 1.85 bits per heavy atom. The molecule has 0 spiro atoms. The minimum atomic E-state index is -0.493. The number of furan rings is 1. The quantitative estimate of drug-likeness (QED) is 0.517. The average Bonchev–Trinajstić information content (AvgIpc) is 3.46. The molecule has 0 atom stereocenters. The van der Waals surface area contributed by atoms with E-state index < -0.39 is 5.54 Å². The zero-order valence-corrected chi connectivity index (χ0v) is 18.0. The highest BCUT2D eigenvalue weighted by atomic mass is 16.6. The Labute approximate surface area is 189 Å². The lowest BCUT2D eigenvalue weighted by Crippen LogP contribution is -2.46. The smallest absolute Gasteiger partial charge is 0.297 e. The number of hydrogen-bond donors (Lipinski definition) is 1. The van der Waals surface area contributed by atoms with Gasteiger partial charge in [-0.25, -0.2) is 4.98 Å². The molecule has 1 amide bonds. The molecule has 1 fully saturated rings. The standard InChI is InChI=1S/C25H23N3O5/c29-21(14-28-15-26-22-17-5-1-2-6-18(17)33-23(22)24(28)30)27-25(9-3-4-10-25)16-7-8-19-20(13-16)32-12-11-31-19/h1-2,5-8,13,15H,3-4,9-12,14H2,(H,27,29). The van der Waals surface area contributed by atoms with Crippen LogP contribution in [0.4, 0.5) is 0 Å². The summed E-state index contributed by atoms with van der Waals surface area (Å²) >= 11 is 0. The monoisotopic (exact) mass is 445 g/mol. The van der Waals surface area contributed by atoms with Gasteiger partial charge in [0.1, 0.15) is 30.9 Å². The van der Waals surface area contributed by atoms with Crippen LogP contribution in [0.25, 0.3) is 22.1 Å². The highest BCUT2D eigenvalue weighted by Crippen LogP contribution is 2.42. The Bertz CT molecular complexity index is 1430. The van der Waals surface area contributed by atoms with Gasteiger partial charge in [-0.05, 0) is 42.7 Å². The van der Waals surface area contributed by atoms with E-state index in [4.69, 9.17) is 13.9 Å². The van der Waals surface area contributed by atoms with Gasteiger partial charge in [0.15, 0.2) is 11.5 Å². The van der Waals surface area contributed by atoms with Crippen LogP contribution in [0.15, 0.2) is 58.0 Å². The maximum atomic E-state index is 13.1. The summed E-state index contributed by atoms with van der Waals surface area (Å²) < 4.78 is 18.4. The third-order valence-corrected chi connectivity index (χ3v) is 6.60. The Balaban J connectivity index is 1.29. The lowest BCUT2D eigenvalue weighted by molar-refractivity contribution is -0.123. The van der Waals surface area contributed by atoms with Crippen LogP contribution in [0.1, 0.15) is 31.2 Å².